The summed E-state index contributed by atoms with van der Waals surface area (Å²) in [6.45, 7) is 2.13. The molecule has 0 aromatic heterocycles. The Labute approximate surface area is 133 Å². The monoisotopic (exact) mass is 359 g/mol. The van der Waals surface area contributed by atoms with E-state index in [4.69, 9.17) is 16.3 Å². The van der Waals surface area contributed by atoms with Crippen molar-refractivity contribution in [2.75, 3.05) is 18.6 Å². The Morgan fingerprint density at radius 1 is 1.45 bits per heavy atom. The molecule has 0 N–H and O–H groups in total. The van der Waals surface area contributed by atoms with E-state index >= 15 is 0 Å². The Bertz CT molecular complexity index is 501. The lowest BCUT2D eigenvalue weighted by molar-refractivity contribution is 0.0526. The van der Waals surface area contributed by atoms with Crippen LogP contribution >= 0.6 is 27.5 Å². The summed E-state index contributed by atoms with van der Waals surface area (Å²) in [6.07, 6.45) is 4.86. The van der Waals surface area contributed by atoms with Crippen molar-refractivity contribution in [3.05, 3.63) is 27.2 Å². The minimum atomic E-state index is -0.375. The van der Waals surface area contributed by atoms with E-state index in [2.05, 4.69) is 20.8 Å². The van der Waals surface area contributed by atoms with E-state index in [1.165, 1.54) is 25.7 Å². The van der Waals surface area contributed by atoms with Gasteiger partial charge in [-0.05, 0) is 31.9 Å². The van der Waals surface area contributed by atoms with Crippen molar-refractivity contribution in [3.8, 4) is 0 Å². The second-order valence-electron chi connectivity index (χ2n) is 5.06. The topological polar surface area (TPSA) is 29.5 Å². The highest BCUT2D eigenvalue weighted by molar-refractivity contribution is 9.10. The molecule has 110 valence electrons. The second-order valence-corrected chi connectivity index (χ2v) is 6.35. The largest absolute Gasteiger partial charge is 0.462 e. The van der Waals surface area contributed by atoms with Gasteiger partial charge < -0.3 is 9.64 Å². The van der Waals surface area contributed by atoms with Crippen LogP contribution in [0.1, 0.15) is 43.0 Å². The number of rotatable bonds is 4. The van der Waals surface area contributed by atoms with E-state index in [0.29, 0.717) is 23.2 Å². The van der Waals surface area contributed by atoms with Crippen LogP contribution in [-0.2, 0) is 4.74 Å². The zero-order valence-corrected chi connectivity index (χ0v) is 14.1. The number of esters is 1. The van der Waals surface area contributed by atoms with Gasteiger partial charge in [-0.15, -0.1) is 0 Å². The van der Waals surface area contributed by atoms with Crippen molar-refractivity contribution in [2.45, 2.75) is 38.6 Å². The zero-order valence-electron chi connectivity index (χ0n) is 11.8. The number of carbonyl (C=O) groups excluding carboxylic acids is 1. The Hall–Kier alpha value is -0.740. The van der Waals surface area contributed by atoms with Crippen LogP contribution in [0.3, 0.4) is 0 Å². The van der Waals surface area contributed by atoms with Crippen LogP contribution in [0.25, 0.3) is 0 Å². The maximum atomic E-state index is 12.0. The van der Waals surface area contributed by atoms with Crippen LogP contribution in [-0.4, -0.2) is 25.7 Å². The molecule has 20 heavy (non-hydrogen) atoms. The summed E-state index contributed by atoms with van der Waals surface area (Å²) in [6, 6.07) is 4.17. The molecular formula is C15H19BrClNO2. The molecule has 1 saturated carbocycles. The molecule has 0 aliphatic heterocycles. The fourth-order valence-corrected chi connectivity index (χ4v) is 3.44. The van der Waals surface area contributed by atoms with Crippen LogP contribution < -0.4 is 4.90 Å². The number of ether oxygens (including phenoxy) is 1. The number of hydrogen-bond acceptors (Lipinski definition) is 3. The third kappa shape index (κ3) is 3.29. The van der Waals surface area contributed by atoms with Crippen molar-refractivity contribution in [2.24, 2.45) is 0 Å². The Morgan fingerprint density at radius 3 is 2.70 bits per heavy atom. The first-order valence-corrected chi connectivity index (χ1v) is 8.10. The third-order valence-corrected chi connectivity index (χ3v) is 4.62. The highest BCUT2D eigenvalue weighted by Crippen LogP contribution is 2.36. The molecule has 0 saturated heterocycles. The van der Waals surface area contributed by atoms with Gasteiger partial charge in [-0.3, -0.25) is 0 Å². The molecular weight excluding hydrogens is 342 g/mol. The SMILES string of the molecule is CCOC(=O)c1cc(Br)cc(N(C)C2CCCC2)c1Cl. The minimum Gasteiger partial charge on any atom is -0.462 e. The molecule has 1 aliphatic rings. The maximum absolute atomic E-state index is 12.0. The number of nitrogens with zero attached hydrogens (tertiary/aromatic N) is 1. The summed E-state index contributed by atoms with van der Waals surface area (Å²) < 4.78 is 5.90. The minimum absolute atomic E-state index is 0.343. The lowest BCUT2D eigenvalue weighted by Gasteiger charge is -2.28. The molecule has 1 aromatic carbocycles. The number of hydrogen-bond donors (Lipinski definition) is 0. The van der Waals surface area contributed by atoms with Gasteiger partial charge in [-0.25, -0.2) is 4.79 Å². The second kappa shape index (κ2) is 6.81. The first-order chi connectivity index (χ1) is 9.54. The fourth-order valence-electron chi connectivity index (χ4n) is 2.68. The van der Waals surface area contributed by atoms with Gasteiger partial charge in [0.1, 0.15) is 0 Å². The Morgan fingerprint density at radius 2 is 2.10 bits per heavy atom. The lowest BCUT2D eigenvalue weighted by atomic mass is 10.1. The van der Waals surface area contributed by atoms with Gasteiger partial charge in [0.2, 0.25) is 0 Å². The summed E-state index contributed by atoms with van der Waals surface area (Å²) in [5, 5.41) is 0.473. The van der Waals surface area contributed by atoms with Crippen LogP contribution in [0.4, 0.5) is 5.69 Å². The summed E-state index contributed by atoms with van der Waals surface area (Å²) in [4.78, 5) is 14.2. The third-order valence-electron chi connectivity index (χ3n) is 3.77. The van der Waals surface area contributed by atoms with E-state index < -0.39 is 0 Å². The van der Waals surface area contributed by atoms with E-state index in [9.17, 15) is 4.79 Å². The Kier molecular flexibility index (Phi) is 5.33. The van der Waals surface area contributed by atoms with Crippen molar-refractivity contribution in [3.63, 3.8) is 0 Å². The van der Waals surface area contributed by atoms with Gasteiger partial charge in [0.15, 0.2) is 0 Å². The van der Waals surface area contributed by atoms with E-state index in [0.717, 1.165) is 10.2 Å². The van der Waals surface area contributed by atoms with E-state index in [1.807, 2.05) is 13.1 Å². The predicted octanol–water partition coefficient (Wildman–Crippen LogP) is 4.66. The van der Waals surface area contributed by atoms with Crippen molar-refractivity contribution in [1.29, 1.82) is 0 Å². The van der Waals surface area contributed by atoms with E-state index in [-0.39, 0.29) is 5.97 Å². The molecule has 0 radical (unpaired) electrons. The summed E-state index contributed by atoms with van der Waals surface area (Å²) in [7, 11) is 2.04. The smallest absolute Gasteiger partial charge is 0.339 e. The molecule has 0 amide bonds. The fraction of sp³-hybridized carbons (Fsp3) is 0.533. The number of anilines is 1. The molecule has 1 aliphatic carbocycles. The quantitative estimate of drug-likeness (QED) is 0.731. The molecule has 5 heteroatoms. The van der Waals surface area contributed by atoms with Gasteiger partial charge in [0.05, 0.1) is 22.9 Å². The first-order valence-electron chi connectivity index (χ1n) is 6.93. The molecule has 0 unspecified atom stereocenters. The van der Waals surface area contributed by atoms with Gasteiger partial charge in [-0.1, -0.05) is 40.4 Å². The first kappa shape index (κ1) is 15.6. The highest BCUT2D eigenvalue weighted by atomic mass is 79.9. The van der Waals surface area contributed by atoms with Gasteiger partial charge in [-0.2, -0.15) is 0 Å². The summed E-state index contributed by atoms with van der Waals surface area (Å²) >= 11 is 9.87. The number of carbonyl (C=O) groups is 1. The highest BCUT2D eigenvalue weighted by Gasteiger charge is 2.24. The number of halogens is 2. The van der Waals surface area contributed by atoms with Crippen LogP contribution in [0.5, 0.6) is 0 Å². The van der Waals surface area contributed by atoms with E-state index in [1.54, 1.807) is 13.0 Å². The molecule has 1 fully saturated rings. The molecule has 0 bridgehead atoms. The molecule has 0 heterocycles. The molecule has 0 atom stereocenters. The van der Waals surface area contributed by atoms with Crippen LogP contribution in [0.15, 0.2) is 16.6 Å². The van der Waals surface area contributed by atoms with Crippen molar-refractivity contribution >= 4 is 39.2 Å². The molecule has 2 rings (SSSR count). The van der Waals surface area contributed by atoms with Crippen LogP contribution in [0.2, 0.25) is 5.02 Å². The number of benzene rings is 1. The van der Waals surface area contributed by atoms with Crippen LogP contribution in [0, 0.1) is 0 Å². The average Bonchev–Trinajstić information content (AvgIpc) is 2.94. The normalized spacial score (nSPS) is 15.4. The Balaban J connectivity index is 2.35. The molecule has 0 spiro atoms. The molecule has 1 aromatic rings. The van der Waals surface area contributed by atoms with Gasteiger partial charge in [0, 0.05) is 17.6 Å². The van der Waals surface area contributed by atoms with Crippen molar-refractivity contribution in [1.82, 2.24) is 0 Å². The summed E-state index contributed by atoms with van der Waals surface area (Å²) in [5.74, 6) is -0.375. The zero-order chi connectivity index (χ0) is 14.7. The van der Waals surface area contributed by atoms with Gasteiger partial charge in [0.25, 0.3) is 0 Å². The standard InChI is InChI=1S/C15H19BrClNO2/c1-3-20-15(19)12-8-10(16)9-13(14(12)17)18(2)11-6-4-5-7-11/h8-9,11H,3-7H2,1-2H3. The average molecular weight is 361 g/mol. The molecule has 3 nitrogen and oxygen atoms in total. The maximum Gasteiger partial charge on any atom is 0.339 e. The predicted molar refractivity (Wildman–Crippen MR) is 85.8 cm³/mol. The van der Waals surface area contributed by atoms with Crippen molar-refractivity contribution < 1.29 is 9.53 Å². The van der Waals surface area contributed by atoms with Gasteiger partial charge >= 0.3 is 5.97 Å². The lowest BCUT2D eigenvalue weighted by Crippen LogP contribution is -2.29. The summed E-state index contributed by atoms with van der Waals surface area (Å²) in [5.41, 5.74) is 1.30.